The number of nitrogens with zero attached hydrogens (tertiary/aromatic N) is 2. The number of likely N-dealkylation sites (tertiary alicyclic amines) is 1. The van der Waals surface area contributed by atoms with Gasteiger partial charge in [0, 0.05) is 13.1 Å². The number of benzene rings is 1. The fraction of sp³-hybridized carbons (Fsp3) is 0.533. The Kier molecular flexibility index (Phi) is 7.72. The van der Waals surface area contributed by atoms with Gasteiger partial charge < -0.3 is 10.6 Å². The summed E-state index contributed by atoms with van der Waals surface area (Å²) in [4.78, 5) is 5.84. The Morgan fingerprint density at radius 3 is 2.78 bits per heavy atom. The first-order valence-corrected chi connectivity index (χ1v) is 9.07. The lowest BCUT2D eigenvalue weighted by Gasteiger charge is -2.31. The molecule has 1 aromatic rings. The van der Waals surface area contributed by atoms with E-state index in [9.17, 15) is 12.8 Å². The van der Waals surface area contributed by atoms with Gasteiger partial charge >= 0.3 is 0 Å². The summed E-state index contributed by atoms with van der Waals surface area (Å²) in [6.07, 6.45) is 2.23. The van der Waals surface area contributed by atoms with Crippen LogP contribution >= 0.6 is 24.0 Å². The highest BCUT2D eigenvalue weighted by molar-refractivity contribution is 14.0. The zero-order valence-corrected chi connectivity index (χ0v) is 16.3. The molecule has 1 unspecified atom stereocenters. The maximum absolute atomic E-state index is 13.6. The van der Waals surface area contributed by atoms with Gasteiger partial charge in [0.25, 0.3) is 0 Å². The summed E-state index contributed by atoms with van der Waals surface area (Å²) in [6, 6.07) is 5.37. The molecule has 1 atom stereocenters. The smallest absolute Gasteiger partial charge is 0.191 e. The van der Waals surface area contributed by atoms with E-state index in [1.165, 1.54) is 24.6 Å². The van der Waals surface area contributed by atoms with Crippen LogP contribution in [0.25, 0.3) is 0 Å². The molecule has 1 aromatic carbocycles. The Labute approximate surface area is 154 Å². The van der Waals surface area contributed by atoms with E-state index in [0.29, 0.717) is 11.9 Å². The van der Waals surface area contributed by atoms with Crippen molar-refractivity contribution in [2.45, 2.75) is 24.7 Å². The molecular formula is C15H23FIN3O2S. The lowest BCUT2D eigenvalue weighted by atomic mass is 10.0. The number of rotatable bonds is 4. The molecule has 0 aromatic heterocycles. The third-order valence-corrected chi connectivity index (χ3v) is 5.51. The van der Waals surface area contributed by atoms with Crippen molar-refractivity contribution >= 4 is 39.8 Å². The van der Waals surface area contributed by atoms with Crippen molar-refractivity contribution in [3.8, 4) is 0 Å². The predicted octanol–water partition coefficient (Wildman–Crippen LogP) is 2.26. The number of aliphatic imine (C=N–C) groups is 1. The molecule has 1 heterocycles. The van der Waals surface area contributed by atoms with Crippen LogP contribution < -0.4 is 5.73 Å². The van der Waals surface area contributed by atoms with E-state index in [0.717, 1.165) is 25.6 Å². The van der Waals surface area contributed by atoms with Crippen molar-refractivity contribution in [3.63, 3.8) is 0 Å². The van der Waals surface area contributed by atoms with Gasteiger partial charge in [-0.05, 0) is 30.9 Å². The van der Waals surface area contributed by atoms with Crippen LogP contribution in [-0.2, 0) is 9.84 Å². The number of sulfone groups is 1. The molecule has 0 saturated carbocycles. The molecule has 8 heteroatoms. The predicted molar refractivity (Wildman–Crippen MR) is 100 cm³/mol. The Morgan fingerprint density at radius 2 is 2.13 bits per heavy atom. The molecule has 23 heavy (non-hydrogen) atoms. The van der Waals surface area contributed by atoms with Crippen molar-refractivity contribution in [2.75, 3.05) is 25.4 Å². The third-order valence-electron chi connectivity index (χ3n) is 3.79. The average Bonchev–Trinajstić information content (AvgIpc) is 2.47. The van der Waals surface area contributed by atoms with Gasteiger partial charge in [0.05, 0.1) is 12.3 Å². The van der Waals surface area contributed by atoms with Crippen LogP contribution in [-0.4, -0.2) is 44.7 Å². The first kappa shape index (κ1) is 20.1. The molecule has 2 N–H and O–H groups in total. The van der Waals surface area contributed by atoms with Gasteiger partial charge in [-0.3, -0.25) is 4.99 Å². The Hall–Kier alpha value is -0.900. The second kappa shape index (κ2) is 8.81. The lowest BCUT2D eigenvalue weighted by molar-refractivity contribution is 0.270. The highest BCUT2D eigenvalue weighted by Crippen LogP contribution is 2.16. The summed E-state index contributed by atoms with van der Waals surface area (Å²) >= 11 is 0. The summed E-state index contributed by atoms with van der Waals surface area (Å²) in [6.45, 7) is 3.88. The van der Waals surface area contributed by atoms with Crippen molar-refractivity contribution in [1.29, 1.82) is 0 Å². The minimum atomic E-state index is -3.68. The maximum atomic E-state index is 13.6. The third kappa shape index (κ3) is 5.59. The monoisotopic (exact) mass is 455 g/mol. The van der Waals surface area contributed by atoms with Gasteiger partial charge in [-0.1, -0.05) is 19.1 Å². The van der Waals surface area contributed by atoms with E-state index < -0.39 is 15.7 Å². The Bertz CT molecular complexity index is 652. The largest absolute Gasteiger partial charge is 0.370 e. The van der Waals surface area contributed by atoms with Crippen LogP contribution in [0.3, 0.4) is 0 Å². The normalized spacial score (nSPS) is 19.3. The maximum Gasteiger partial charge on any atom is 0.191 e. The summed E-state index contributed by atoms with van der Waals surface area (Å²) in [5, 5.41) is 0. The molecule has 0 aliphatic carbocycles. The van der Waals surface area contributed by atoms with Gasteiger partial charge in [-0.25, -0.2) is 12.8 Å². The number of hydrogen-bond donors (Lipinski definition) is 1. The minimum Gasteiger partial charge on any atom is -0.370 e. The molecule has 5 nitrogen and oxygen atoms in total. The molecule has 0 bridgehead atoms. The quantitative estimate of drug-likeness (QED) is 0.430. The summed E-state index contributed by atoms with van der Waals surface area (Å²) in [7, 11) is -3.68. The molecule has 1 aliphatic heterocycles. The fourth-order valence-electron chi connectivity index (χ4n) is 2.58. The summed E-state index contributed by atoms with van der Waals surface area (Å²) in [5.41, 5.74) is 5.92. The first-order chi connectivity index (χ1) is 10.4. The highest BCUT2D eigenvalue weighted by atomic mass is 127. The number of piperidine rings is 1. The molecular weight excluding hydrogens is 432 g/mol. The van der Waals surface area contributed by atoms with E-state index in [4.69, 9.17) is 5.73 Å². The van der Waals surface area contributed by atoms with Crippen LogP contribution in [0.5, 0.6) is 0 Å². The molecule has 0 amide bonds. The molecule has 1 aliphatic rings. The van der Waals surface area contributed by atoms with E-state index >= 15 is 0 Å². The van der Waals surface area contributed by atoms with Crippen molar-refractivity contribution in [2.24, 2.45) is 16.6 Å². The zero-order chi connectivity index (χ0) is 16.2. The number of halogens is 2. The summed E-state index contributed by atoms with van der Waals surface area (Å²) < 4.78 is 37.8. The van der Waals surface area contributed by atoms with Crippen LogP contribution in [0, 0.1) is 11.7 Å². The number of nitrogens with two attached hydrogens (primary N) is 1. The Balaban J connectivity index is 0.00000264. The average molecular weight is 455 g/mol. The first-order valence-electron chi connectivity index (χ1n) is 7.42. The van der Waals surface area contributed by atoms with Crippen molar-refractivity contribution in [3.05, 3.63) is 30.1 Å². The van der Waals surface area contributed by atoms with Gasteiger partial charge in [0.1, 0.15) is 10.7 Å². The Morgan fingerprint density at radius 1 is 1.43 bits per heavy atom. The van der Waals surface area contributed by atoms with Gasteiger partial charge in [0.15, 0.2) is 15.8 Å². The van der Waals surface area contributed by atoms with E-state index in [1.807, 2.05) is 4.90 Å². The standard InChI is InChI=1S/C15H22FN3O2S.HI/c1-12-5-4-9-19(11-12)15(17)18-8-10-22(20,21)14-7-3-2-6-13(14)16;/h2-3,6-7,12H,4-5,8-11H2,1H3,(H2,17,18);1H. The molecule has 2 rings (SSSR count). The van der Waals surface area contributed by atoms with E-state index in [-0.39, 0.29) is 41.2 Å². The molecule has 130 valence electrons. The second-order valence-electron chi connectivity index (χ2n) is 5.68. The fourth-order valence-corrected chi connectivity index (χ4v) is 3.79. The van der Waals surface area contributed by atoms with Crippen LogP contribution in [0.2, 0.25) is 0 Å². The molecule has 1 saturated heterocycles. The number of hydrogen-bond acceptors (Lipinski definition) is 3. The van der Waals surface area contributed by atoms with Gasteiger partial charge in [-0.2, -0.15) is 0 Å². The van der Waals surface area contributed by atoms with E-state index in [1.54, 1.807) is 0 Å². The van der Waals surface area contributed by atoms with Crippen molar-refractivity contribution in [1.82, 2.24) is 4.90 Å². The zero-order valence-electron chi connectivity index (χ0n) is 13.1. The van der Waals surface area contributed by atoms with E-state index in [2.05, 4.69) is 11.9 Å². The molecule has 0 spiro atoms. The van der Waals surface area contributed by atoms with Crippen LogP contribution in [0.1, 0.15) is 19.8 Å². The van der Waals surface area contributed by atoms with Crippen LogP contribution in [0.4, 0.5) is 4.39 Å². The SMILES string of the molecule is CC1CCCN(C(N)=NCCS(=O)(=O)c2ccccc2F)C1.I. The van der Waals surface area contributed by atoms with Gasteiger partial charge in [-0.15, -0.1) is 24.0 Å². The topological polar surface area (TPSA) is 75.8 Å². The highest BCUT2D eigenvalue weighted by Gasteiger charge is 2.20. The van der Waals surface area contributed by atoms with Gasteiger partial charge in [0.2, 0.25) is 0 Å². The molecule has 0 radical (unpaired) electrons. The minimum absolute atomic E-state index is 0. The lowest BCUT2D eigenvalue weighted by Crippen LogP contribution is -2.43. The molecule has 1 fully saturated rings. The second-order valence-corrected chi connectivity index (χ2v) is 7.76. The summed E-state index contributed by atoms with van der Waals surface area (Å²) in [5.74, 6) is -0.0536. The van der Waals surface area contributed by atoms with Crippen LogP contribution in [0.15, 0.2) is 34.2 Å². The van der Waals surface area contributed by atoms with Crippen molar-refractivity contribution < 1.29 is 12.8 Å². The number of guanidine groups is 1.